The zero-order chi connectivity index (χ0) is 12.4. The van der Waals surface area contributed by atoms with Crippen LogP contribution in [0.4, 0.5) is 10.1 Å². The largest absolute Gasteiger partial charge is 0.399 e. The molecule has 6 nitrogen and oxygen atoms in total. The molecule has 0 aliphatic heterocycles. The second-order valence-corrected chi connectivity index (χ2v) is 4.79. The van der Waals surface area contributed by atoms with Gasteiger partial charge < -0.3 is 5.73 Å². The SMILES string of the molecule is Cn1nnc(CS(=O)c2ccc(N)cc2F)n1. The van der Waals surface area contributed by atoms with Crippen LogP contribution >= 0.6 is 0 Å². The van der Waals surface area contributed by atoms with Gasteiger partial charge in [0.2, 0.25) is 0 Å². The van der Waals surface area contributed by atoms with E-state index in [2.05, 4.69) is 15.4 Å². The van der Waals surface area contributed by atoms with Gasteiger partial charge in [-0.15, -0.1) is 10.2 Å². The Morgan fingerprint density at radius 1 is 1.53 bits per heavy atom. The lowest BCUT2D eigenvalue weighted by Gasteiger charge is -2.02. The second-order valence-electron chi connectivity index (χ2n) is 3.37. The quantitative estimate of drug-likeness (QED) is 0.794. The molecular formula is C9H10FN5OS. The van der Waals surface area contributed by atoms with Gasteiger partial charge in [-0.1, -0.05) is 0 Å². The Hall–Kier alpha value is -1.83. The van der Waals surface area contributed by atoms with Crippen LogP contribution in [0.25, 0.3) is 0 Å². The van der Waals surface area contributed by atoms with Crippen molar-refractivity contribution in [2.75, 3.05) is 5.73 Å². The predicted octanol–water partition coefficient (Wildman–Crippen LogP) is 0.239. The van der Waals surface area contributed by atoms with E-state index in [-0.39, 0.29) is 10.6 Å². The van der Waals surface area contributed by atoms with Crippen LogP contribution in [0.5, 0.6) is 0 Å². The molecule has 1 atom stereocenters. The number of nitrogens with zero attached hydrogens (tertiary/aromatic N) is 4. The highest BCUT2D eigenvalue weighted by Gasteiger charge is 2.13. The molecule has 2 aromatic rings. The van der Waals surface area contributed by atoms with Crippen molar-refractivity contribution in [3.8, 4) is 0 Å². The van der Waals surface area contributed by atoms with Crippen LogP contribution in [0, 0.1) is 5.82 Å². The summed E-state index contributed by atoms with van der Waals surface area (Å²) in [4.78, 5) is 1.35. The van der Waals surface area contributed by atoms with Crippen molar-refractivity contribution in [1.29, 1.82) is 0 Å². The molecule has 0 bridgehead atoms. The fraction of sp³-hybridized carbons (Fsp3) is 0.222. The van der Waals surface area contributed by atoms with Gasteiger partial charge in [0.15, 0.2) is 5.82 Å². The van der Waals surface area contributed by atoms with Crippen LogP contribution in [-0.4, -0.2) is 24.4 Å². The first-order valence-corrected chi connectivity index (χ1v) is 6.04. The standard InChI is InChI=1S/C9H10FN5OS/c1-15-13-9(12-14-15)5-17(16)8-3-2-6(11)4-7(8)10/h2-4H,5,11H2,1H3. The van der Waals surface area contributed by atoms with E-state index in [1.165, 1.54) is 16.9 Å². The van der Waals surface area contributed by atoms with E-state index in [1.807, 2.05) is 0 Å². The van der Waals surface area contributed by atoms with Crippen molar-refractivity contribution in [3.63, 3.8) is 0 Å². The molecule has 0 saturated carbocycles. The number of nitrogens with two attached hydrogens (primary N) is 1. The molecule has 0 spiro atoms. The van der Waals surface area contributed by atoms with Crippen molar-refractivity contribution < 1.29 is 8.60 Å². The van der Waals surface area contributed by atoms with Crippen LogP contribution in [0.1, 0.15) is 5.82 Å². The van der Waals surface area contributed by atoms with Gasteiger partial charge >= 0.3 is 0 Å². The second kappa shape index (κ2) is 4.58. The maximum Gasteiger partial charge on any atom is 0.187 e. The monoisotopic (exact) mass is 255 g/mol. The molecule has 0 aliphatic rings. The lowest BCUT2D eigenvalue weighted by molar-refractivity contribution is 0.595. The smallest absolute Gasteiger partial charge is 0.187 e. The highest BCUT2D eigenvalue weighted by Crippen LogP contribution is 2.17. The Bertz CT molecular complexity index is 570. The predicted molar refractivity (Wildman–Crippen MR) is 59.7 cm³/mol. The zero-order valence-corrected chi connectivity index (χ0v) is 9.82. The topological polar surface area (TPSA) is 86.7 Å². The summed E-state index contributed by atoms with van der Waals surface area (Å²) in [6.45, 7) is 0. The first-order chi connectivity index (χ1) is 8.06. The molecule has 0 aliphatic carbocycles. The molecule has 1 unspecified atom stereocenters. The molecule has 0 fully saturated rings. The van der Waals surface area contributed by atoms with E-state index in [4.69, 9.17) is 5.73 Å². The number of hydrogen-bond acceptors (Lipinski definition) is 5. The first kappa shape index (κ1) is 11.6. The molecular weight excluding hydrogens is 245 g/mol. The van der Waals surface area contributed by atoms with Gasteiger partial charge in [-0.3, -0.25) is 4.21 Å². The summed E-state index contributed by atoms with van der Waals surface area (Å²) in [6, 6.07) is 4.04. The molecule has 2 N–H and O–H groups in total. The molecule has 1 aromatic carbocycles. The number of tetrazole rings is 1. The van der Waals surface area contributed by atoms with E-state index in [0.717, 1.165) is 6.07 Å². The Labute approximate surface area is 99.1 Å². The Morgan fingerprint density at radius 2 is 2.29 bits per heavy atom. The van der Waals surface area contributed by atoms with Crippen LogP contribution in [0.3, 0.4) is 0 Å². The molecule has 0 amide bonds. The first-order valence-electron chi connectivity index (χ1n) is 4.72. The number of rotatable bonds is 3. The fourth-order valence-corrected chi connectivity index (χ4v) is 2.28. The minimum Gasteiger partial charge on any atom is -0.399 e. The van der Waals surface area contributed by atoms with Crippen LogP contribution in [0.2, 0.25) is 0 Å². The molecule has 1 aromatic heterocycles. The average molecular weight is 255 g/mol. The molecule has 90 valence electrons. The minimum atomic E-state index is -1.55. The average Bonchev–Trinajstić information content (AvgIpc) is 2.63. The zero-order valence-electron chi connectivity index (χ0n) is 9.00. The third-order valence-corrected chi connectivity index (χ3v) is 3.35. The summed E-state index contributed by atoms with van der Waals surface area (Å²) in [6.07, 6.45) is 0. The van der Waals surface area contributed by atoms with E-state index in [0.29, 0.717) is 11.5 Å². The number of aryl methyl sites for hydroxylation is 1. The van der Waals surface area contributed by atoms with E-state index in [9.17, 15) is 8.60 Å². The number of anilines is 1. The molecule has 17 heavy (non-hydrogen) atoms. The summed E-state index contributed by atoms with van der Waals surface area (Å²) in [5, 5.41) is 11.2. The fourth-order valence-electron chi connectivity index (χ4n) is 1.28. The lowest BCUT2D eigenvalue weighted by atomic mass is 10.3. The summed E-state index contributed by atoms with van der Waals surface area (Å²) in [5.74, 6) is -0.261. The third-order valence-electron chi connectivity index (χ3n) is 2.01. The molecule has 1 heterocycles. The van der Waals surface area contributed by atoms with E-state index in [1.54, 1.807) is 7.05 Å². The molecule has 2 rings (SSSR count). The number of halogens is 1. The molecule has 8 heteroatoms. The number of benzene rings is 1. The van der Waals surface area contributed by atoms with E-state index < -0.39 is 16.6 Å². The van der Waals surface area contributed by atoms with Crippen LogP contribution < -0.4 is 5.73 Å². The Kier molecular flexibility index (Phi) is 3.14. The van der Waals surface area contributed by atoms with E-state index >= 15 is 0 Å². The van der Waals surface area contributed by atoms with Gasteiger partial charge in [-0.2, -0.15) is 4.80 Å². The summed E-state index contributed by atoms with van der Waals surface area (Å²) in [7, 11) is 0.0506. The normalized spacial score (nSPS) is 12.6. The summed E-state index contributed by atoms with van der Waals surface area (Å²) >= 11 is 0. The van der Waals surface area contributed by atoms with Crippen molar-refractivity contribution in [3.05, 3.63) is 29.8 Å². The van der Waals surface area contributed by atoms with Crippen molar-refractivity contribution in [1.82, 2.24) is 20.2 Å². The molecule has 0 saturated heterocycles. The number of nitrogen functional groups attached to an aromatic ring is 1. The third kappa shape index (κ3) is 2.64. The van der Waals surface area contributed by atoms with Gasteiger partial charge in [0, 0.05) is 5.69 Å². The van der Waals surface area contributed by atoms with Crippen molar-refractivity contribution in [2.24, 2.45) is 7.05 Å². The Morgan fingerprint density at radius 3 is 2.88 bits per heavy atom. The Balaban J connectivity index is 2.20. The van der Waals surface area contributed by atoms with Crippen LogP contribution in [0.15, 0.2) is 23.1 Å². The highest BCUT2D eigenvalue weighted by molar-refractivity contribution is 7.84. The highest BCUT2D eigenvalue weighted by atomic mass is 32.2. The van der Waals surface area contributed by atoms with Gasteiger partial charge in [0.1, 0.15) is 5.82 Å². The van der Waals surface area contributed by atoms with Gasteiger partial charge in [0.05, 0.1) is 28.5 Å². The lowest BCUT2D eigenvalue weighted by Crippen LogP contribution is -2.02. The summed E-state index contributed by atoms with van der Waals surface area (Å²) in [5.41, 5.74) is 5.70. The van der Waals surface area contributed by atoms with Gasteiger partial charge in [-0.25, -0.2) is 4.39 Å². The van der Waals surface area contributed by atoms with Gasteiger partial charge in [0.25, 0.3) is 0 Å². The van der Waals surface area contributed by atoms with Crippen LogP contribution in [-0.2, 0) is 23.6 Å². The maximum atomic E-state index is 13.5. The molecule has 0 radical (unpaired) electrons. The summed E-state index contributed by atoms with van der Waals surface area (Å²) < 4.78 is 25.3. The number of hydrogen-bond donors (Lipinski definition) is 1. The number of aromatic nitrogens is 4. The van der Waals surface area contributed by atoms with Crippen molar-refractivity contribution >= 4 is 16.5 Å². The minimum absolute atomic E-state index is 0.0225. The maximum absolute atomic E-state index is 13.5. The van der Waals surface area contributed by atoms with Crippen molar-refractivity contribution in [2.45, 2.75) is 10.6 Å². The van der Waals surface area contributed by atoms with Gasteiger partial charge in [-0.05, 0) is 23.4 Å².